The molecule has 3 rings (SSSR count). The van der Waals surface area contributed by atoms with Crippen LogP contribution in [0.2, 0.25) is 0 Å². The highest BCUT2D eigenvalue weighted by Crippen LogP contribution is 2.13. The van der Waals surface area contributed by atoms with E-state index < -0.39 is 0 Å². The molecule has 0 saturated carbocycles. The van der Waals surface area contributed by atoms with Crippen molar-refractivity contribution >= 4 is 11.7 Å². The molecule has 1 aliphatic rings. The molecule has 0 bridgehead atoms. The maximum Gasteiger partial charge on any atom is 0.227 e. The molecule has 1 fully saturated rings. The van der Waals surface area contributed by atoms with Gasteiger partial charge in [0.15, 0.2) is 5.78 Å². The number of piperazine rings is 1. The zero-order valence-corrected chi connectivity index (χ0v) is 15.1. The van der Waals surface area contributed by atoms with Gasteiger partial charge in [-0.3, -0.25) is 14.5 Å². The highest BCUT2D eigenvalue weighted by Gasteiger charge is 2.22. The van der Waals surface area contributed by atoms with Crippen LogP contribution in [0.3, 0.4) is 0 Å². The van der Waals surface area contributed by atoms with Crippen molar-refractivity contribution in [2.24, 2.45) is 0 Å². The summed E-state index contributed by atoms with van der Waals surface area (Å²) in [6, 6.07) is 17.0. The first kappa shape index (κ1) is 18.1. The fraction of sp³-hybridized carbons (Fsp3) is 0.333. The van der Waals surface area contributed by atoms with Gasteiger partial charge in [-0.15, -0.1) is 0 Å². The molecule has 0 unspecified atom stereocenters. The maximum atomic E-state index is 12.4. The van der Waals surface area contributed by atoms with Gasteiger partial charge < -0.3 is 9.64 Å². The van der Waals surface area contributed by atoms with Crippen molar-refractivity contribution in [1.29, 1.82) is 0 Å². The first-order valence-electron chi connectivity index (χ1n) is 8.87. The van der Waals surface area contributed by atoms with Gasteiger partial charge in [0.2, 0.25) is 5.91 Å². The molecule has 2 aromatic rings. The van der Waals surface area contributed by atoms with E-state index in [1.165, 1.54) is 0 Å². The monoisotopic (exact) mass is 352 g/mol. The molecule has 1 amide bonds. The number of ether oxygens (including phenoxy) is 1. The fourth-order valence-electron chi connectivity index (χ4n) is 3.11. The van der Waals surface area contributed by atoms with E-state index in [1.807, 2.05) is 35.2 Å². The Hall–Kier alpha value is -2.66. The van der Waals surface area contributed by atoms with Gasteiger partial charge in [0.1, 0.15) is 5.75 Å². The van der Waals surface area contributed by atoms with Gasteiger partial charge in [0, 0.05) is 31.7 Å². The number of benzene rings is 2. The molecule has 1 aliphatic heterocycles. The lowest BCUT2D eigenvalue weighted by Crippen LogP contribution is -2.50. The third kappa shape index (κ3) is 4.70. The second-order valence-electron chi connectivity index (χ2n) is 6.47. The van der Waals surface area contributed by atoms with Crippen LogP contribution in [0.25, 0.3) is 0 Å². The van der Waals surface area contributed by atoms with E-state index in [0.29, 0.717) is 31.6 Å². The van der Waals surface area contributed by atoms with Crippen molar-refractivity contribution in [2.45, 2.75) is 6.42 Å². The van der Waals surface area contributed by atoms with Gasteiger partial charge in [-0.05, 0) is 29.8 Å². The summed E-state index contributed by atoms with van der Waals surface area (Å²) in [5, 5.41) is 0. The number of carbonyl (C=O) groups excluding carboxylic acids is 2. The number of rotatable bonds is 6. The Morgan fingerprint density at radius 1 is 0.923 bits per heavy atom. The fourth-order valence-corrected chi connectivity index (χ4v) is 3.11. The van der Waals surface area contributed by atoms with Gasteiger partial charge >= 0.3 is 0 Å². The summed E-state index contributed by atoms with van der Waals surface area (Å²) in [4.78, 5) is 28.8. The largest absolute Gasteiger partial charge is 0.497 e. The minimum absolute atomic E-state index is 0.0942. The molecule has 1 heterocycles. The second-order valence-corrected chi connectivity index (χ2v) is 6.47. The molecule has 0 atom stereocenters. The van der Waals surface area contributed by atoms with Crippen LogP contribution in [0.5, 0.6) is 5.75 Å². The van der Waals surface area contributed by atoms with E-state index in [2.05, 4.69) is 4.90 Å². The first-order chi connectivity index (χ1) is 12.7. The van der Waals surface area contributed by atoms with Crippen LogP contribution in [-0.2, 0) is 11.2 Å². The Balaban J connectivity index is 1.47. The Labute approximate surface area is 154 Å². The predicted molar refractivity (Wildman–Crippen MR) is 100 cm³/mol. The molecule has 5 heteroatoms. The number of ketones is 1. The smallest absolute Gasteiger partial charge is 0.227 e. The van der Waals surface area contributed by atoms with Crippen molar-refractivity contribution in [3.05, 3.63) is 65.7 Å². The normalized spacial score (nSPS) is 14.9. The molecule has 0 aliphatic carbocycles. The van der Waals surface area contributed by atoms with Crippen molar-refractivity contribution in [1.82, 2.24) is 9.80 Å². The van der Waals surface area contributed by atoms with E-state index in [4.69, 9.17) is 4.74 Å². The molecule has 0 N–H and O–H groups in total. The molecular formula is C21H24N2O3. The zero-order chi connectivity index (χ0) is 18.4. The molecular weight excluding hydrogens is 328 g/mol. The third-order valence-electron chi connectivity index (χ3n) is 4.70. The molecule has 2 aromatic carbocycles. The lowest BCUT2D eigenvalue weighted by atomic mass is 10.1. The van der Waals surface area contributed by atoms with Crippen molar-refractivity contribution in [3.8, 4) is 5.75 Å². The van der Waals surface area contributed by atoms with E-state index in [1.54, 1.807) is 31.4 Å². The Bertz CT molecular complexity index is 736. The van der Waals surface area contributed by atoms with E-state index in [-0.39, 0.29) is 11.7 Å². The minimum atomic E-state index is 0.0942. The topological polar surface area (TPSA) is 49.9 Å². The molecule has 5 nitrogen and oxygen atoms in total. The molecule has 26 heavy (non-hydrogen) atoms. The van der Waals surface area contributed by atoms with Gasteiger partial charge in [0.05, 0.1) is 20.1 Å². The maximum absolute atomic E-state index is 12.4. The zero-order valence-electron chi connectivity index (χ0n) is 15.1. The Kier molecular flexibility index (Phi) is 6.02. The summed E-state index contributed by atoms with van der Waals surface area (Å²) in [5.74, 6) is 0.987. The number of nitrogens with zero attached hydrogens (tertiary/aromatic N) is 2. The molecule has 0 spiro atoms. The average molecular weight is 352 g/mol. The van der Waals surface area contributed by atoms with Crippen molar-refractivity contribution in [2.75, 3.05) is 39.8 Å². The summed E-state index contributed by atoms with van der Waals surface area (Å²) >= 11 is 0. The van der Waals surface area contributed by atoms with Crippen molar-refractivity contribution < 1.29 is 14.3 Å². The average Bonchev–Trinajstić information content (AvgIpc) is 2.69. The number of Topliss-reactive ketones (excluding diaryl/α,β-unsaturated/α-hetero) is 1. The molecule has 0 radical (unpaired) electrons. The van der Waals surface area contributed by atoms with Crippen LogP contribution in [-0.4, -0.2) is 61.3 Å². The second kappa shape index (κ2) is 8.63. The number of carbonyl (C=O) groups is 2. The summed E-state index contributed by atoms with van der Waals surface area (Å²) < 4.78 is 5.12. The molecule has 0 aromatic heterocycles. The minimum Gasteiger partial charge on any atom is -0.497 e. The van der Waals surface area contributed by atoms with Gasteiger partial charge in [0.25, 0.3) is 0 Å². The third-order valence-corrected chi connectivity index (χ3v) is 4.70. The lowest BCUT2D eigenvalue weighted by Gasteiger charge is -2.34. The Morgan fingerprint density at radius 3 is 2.19 bits per heavy atom. The van der Waals surface area contributed by atoms with Crippen LogP contribution < -0.4 is 4.74 Å². The first-order valence-corrected chi connectivity index (χ1v) is 8.87. The van der Waals surface area contributed by atoms with Gasteiger partial charge in [-0.25, -0.2) is 0 Å². The molecule has 1 saturated heterocycles. The number of hydrogen-bond acceptors (Lipinski definition) is 4. The molecule has 136 valence electrons. The predicted octanol–water partition coefficient (Wildman–Crippen LogP) is 2.26. The van der Waals surface area contributed by atoms with Crippen LogP contribution in [0.4, 0.5) is 0 Å². The van der Waals surface area contributed by atoms with Crippen LogP contribution in [0.15, 0.2) is 54.6 Å². The summed E-state index contributed by atoms with van der Waals surface area (Å²) in [5.41, 5.74) is 1.72. The SMILES string of the molecule is COc1ccc(C(=O)CN2CCN(C(=O)Cc3ccccc3)CC2)cc1. The highest BCUT2D eigenvalue weighted by atomic mass is 16.5. The number of hydrogen-bond donors (Lipinski definition) is 0. The van der Waals surface area contributed by atoms with E-state index in [0.717, 1.165) is 24.4 Å². The summed E-state index contributed by atoms with van der Waals surface area (Å²) in [6.45, 7) is 3.17. The van der Waals surface area contributed by atoms with E-state index in [9.17, 15) is 9.59 Å². The van der Waals surface area contributed by atoms with Crippen LogP contribution in [0.1, 0.15) is 15.9 Å². The standard InChI is InChI=1S/C21H24N2O3/c1-26-19-9-7-18(8-10-19)20(24)16-22-11-13-23(14-12-22)21(25)15-17-5-3-2-4-6-17/h2-10H,11-16H2,1H3. The van der Waals surface area contributed by atoms with Crippen LogP contribution >= 0.6 is 0 Å². The quantitative estimate of drug-likeness (QED) is 0.749. The van der Waals surface area contributed by atoms with Gasteiger partial charge in [-0.1, -0.05) is 30.3 Å². The Morgan fingerprint density at radius 2 is 1.58 bits per heavy atom. The highest BCUT2D eigenvalue weighted by molar-refractivity contribution is 5.97. The lowest BCUT2D eigenvalue weighted by molar-refractivity contribution is -0.132. The number of amides is 1. The van der Waals surface area contributed by atoms with Crippen LogP contribution in [0, 0.1) is 0 Å². The van der Waals surface area contributed by atoms with Gasteiger partial charge in [-0.2, -0.15) is 0 Å². The summed E-state index contributed by atoms with van der Waals surface area (Å²) in [7, 11) is 1.61. The van der Waals surface area contributed by atoms with Crippen molar-refractivity contribution in [3.63, 3.8) is 0 Å². The van der Waals surface area contributed by atoms with E-state index >= 15 is 0 Å². The summed E-state index contributed by atoms with van der Waals surface area (Å²) in [6.07, 6.45) is 0.436. The number of methoxy groups -OCH3 is 1.